The van der Waals surface area contributed by atoms with E-state index in [1.165, 1.54) is 23.8 Å². The molecule has 0 amide bonds. The molecule has 0 saturated heterocycles. The average Bonchev–Trinajstić information content (AvgIpc) is 2.45. The number of phenolic OH excluding ortho intramolecular Hbond substituents is 2. The molecule has 0 bridgehead atoms. The molecule has 0 unspecified atom stereocenters. The second-order valence-corrected chi connectivity index (χ2v) is 3.00. The van der Waals surface area contributed by atoms with Crippen LogP contribution in [0.15, 0.2) is 18.3 Å². The van der Waals surface area contributed by atoms with E-state index in [0.717, 1.165) is 4.70 Å². The van der Waals surface area contributed by atoms with Gasteiger partial charge in [-0.2, -0.15) is 4.37 Å². The van der Waals surface area contributed by atoms with Gasteiger partial charge in [0.1, 0.15) is 0 Å². The summed E-state index contributed by atoms with van der Waals surface area (Å²) < 4.78 is 4.75. The monoisotopic (exact) mass is 167 g/mol. The fraction of sp³-hybridized carbons (Fsp3) is 0. The van der Waals surface area contributed by atoms with Gasteiger partial charge in [0, 0.05) is 0 Å². The Bertz CT molecular complexity index is 396. The van der Waals surface area contributed by atoms with Crippen molar-refractivity contribution in [3.63, 3.8) is 0 Å². The third-order valence-electron chi connectivity index (χ3n) is 1.49. The molecule has 0 radical (unpaired) electrons. The van der Waals surface area contributed by atoms with E-state index >= 15 is 0 Å². The van der Waals surface area contributed by atoms with Crippen LogP contribution < -0.4 is 0 Å². The fourth-order valence-corrected chi connectivity index (χ4v) is 1.57. The molecule has 56 valence electrons. The molecular weight excluding hydrogens is 162 g/mol. The first-order valence-electron chi connectivity index (χ1n) is 3.04. The van der Waals surface area contributed by atoms with E-state index in [1.54, 1.807) is 6.07 Å². The molecule has 1 aromatic carbocycles. The topological polar surface area (TPSA) is 53.4 Å². The highest BCUT2D eigenvalue weighted by atomic mass is 32.1. The molecule has 1 heterocycles. The van der Waals surface area contributed by atoms with Crippen molar-refractivity contribution in [2.24, 2.45) is 0 Å². The smallest absolute Gasteiger partial charge is 0.167 e. The van der Waals surface area contributed by atoms with Crippen LogP contribution in [-0.2, 0) is 0 Å². The van der Waals surface area contributed by atoms with Crippen molar-refractivity contribution in [2.75, 3.05) is 0 Å². The van der Waals surface area contributed by atoms with Gasteiger partial charge in [-0.15, -0.1) is 0 Å². The van der Waals surface area contributed by atoms with Gasteiger partial charge in [-0.25, -0.2) is 0 Å². The molecule has 0 saturated carbocycles. The molecule has 0 atom stereocenters. The van der Waals surface area contributed by atoms with E-state index in [2.05, 4.69) is 4.37 Å². The maximum Gasteiger partial charge on any atom is 0.167 e. The zero-order valence-electron chi connectivity index (χ0n) is 5.48. The lowest BCUT2D eigenvalue weighted by atomic mass is 10.2. The van der Waals surface area contributed by atoms with Gasteiger partial charge in [0.25, 0.3) is 0 Å². The number of nitrogens with zero attached hydrogens (tertiary/aromatic N) is 1. The largest absolute Gasteiger partial charge is 0.504 e. The summed E-state index contributed by atoms with van der Waals surface area (Å²) in [5.41, 5.74) is 0. The third-order valence-corrected chi connectivity index (χ3v) is 2.25. The summed E-state index contributed by atoms with van der Waals surface area (Å²) in [6.45, 7) is 0. The summed E-state index contributed by atoms with van der Waals surface area (Å²) in [5.74, 6) is -0.186. The summed E-state index contributed by atoms with van der Waals surface area (Å²) in [7, 11) is 0. The Labute approximate surface area is 66.7 Å². The number of rotatable bonds is 0. The standard InChI is InChI=1S/C7H5NO2S/c9-5-1-2-6-4(7(5)10)3-8-11-6/h1-3,9-10H. The maximum atomic E-state index is 9.26. The predicted molar refractivity (Wildman–Crippen MR) is 42.9 cm³/mol. The Balaban J connectivity index is 2.93. The van der Waals surface area contributed by atoms with Crippen LogP contribution in [0.2, 0.25) is 0 Å². The Morgan fingerprint density at radius 3 is 2.91 bits per heavy atom. The number of hydrogen-bond acceptors (Lipinski definition) is 4. The van der Waals surface area contributed by atoms with E-state index in [-0.39, 0.29) is 11.5 Å². The van der Waals surface area contributed by atoms with Crippen LogP contribution >= 0.6 is 11.5 Å². The molecule has 2 N–H and O–H groups in total. The van der Waals surface area contributed by atoms with E-state index in [0.29, 0.717) is 5.39 Å². The first kappa shape index (κ1) is 6.42. The van der Waals surface area contributed by atoms with E-state index in [9.17, 15) is 5.11 Å². The number of benzene rings is 1. The summed E-state index contributed by atoms with van der Waals surface area (Å²) in [5, 5.41) is 18.9. The van der Waals surface area contributed by atoms with Crippen LogP contribution in [0.4, 0.5) is 0 Å². The molecule has 0 aliphatic carbocycles. The Morgan fingerprint density at radius 2 is 2.09 bits per heavy atom. The molecule has 11 heavy (non-hydrogen) atoms. The molecule has 4 heteroatoms. The molecule has 2 aromatic rings. The van der Waals surface area contributed by atoms with Gasteiger partial charge in [0.15, 0.2) is 11.5 Å². The van der Waals surface area contributed by atoms with Gasteiger partial charge >= 0.3 is 0 Å². The lowest BCUT2D eigenvalue weighted by molar-refractivity contribution is 0.408. The third kappa shape index (κ3) is 0.832. The molecule has 0 aliphatic heterocycles. The van der Waals surface area contributed by atoms with Crippen LogP contribution in [0, 0.1) is 0 Å². The highest BCUT2D eigenvalue weighted by Crippen LogP contribution is 2.34. The van der Waals surface area contributed by atoms with E-state index in [1.807, 2.05) is 0 Å². The minimum atomic E-state index is -0.0994. The van der Waals surface area contributed by atoms with Crippen LogP contribution in [-0.4, -0.2) is 14.6 Å². The van der Waals surface area contributed by atoms with Gasteiger partial charge < -0.3 is 10.2 Å². The van der Waals surface area contributed by atoms with E-state index < -0.39 is 0 Å². The lowest BCUT2D eigenvalue weighted by Gasteiger charge is -1.95. The molecule has 0 fully saturated rings. The Hall–Kier alpha value is -1.29. The van der Waals surface area contributed by atoms with Gasteiger partial charge in [-0.3, -0.25) is 0 Å². The normalized spacial score (nSPS) is 10.5. The number of aromatic hydroxyl groups is 2. The number of phenols is 2. The summed E-state index contributed by atoms with van der Waals surface area (Å²) in [6.07, 6.45) is 1.54. The van der Waals surface area contributed by atoms with Gasteiger partial charge in [-0.1, -0.05) is 0 Å². The van der Waals surface area contributed by atoms with Crippen molar-refractivity contribution in [1.82, 2.24) is 4.37 Å². The van der Waals surface area contributed by atoms with Crippen molar-refractivity contribution >= 4 is 21.6 Å². The summed E-state index contributed by atoms with van der Waals surface area (Å²) in [4.78, 5) is 0. The van der Waals surface area contributed by atoms with Crippen LogP contribution in [0.1, 0.15) is 0 Å². The highest BCUT2D eigenvalue weighted by Gasteiger charge is 2.05. The number of hydrogen-bond donors (Lipinski definition) is 2. The van der Waals surface area contributed by atoms with E-state index in [4.69, 9.17) is 5.11 Å². The van der Waals surface area contributed by atoms with Crippen molar-refractivity contribution < 1.29 is 10.2 Å². The Kier molecular flexibility index (Phi) is 1.22. The van der Waals surface area contributed by atoms with Crippen LogP contribution in [0.3, 0.4) is 0 Å². The van der Waals surface area contributed by atoms with Crippen molar-refractivity contribution in [3.05, 3.63) is 18.3 Å². The highest BCUT2D eigenvalue weighted by molar-refractivity contribution is 7.13. The summed E-state index contributed by atoms with van der Waals surface area (Å²) in [6, 6.07) is 3.18. The van der Waals surface area contributed by atoms with Gasteiger partial charge in [0.05, 0.1) is 16.3 Å². The quantitative estimate of drug-likeness (QED) is 0.587. The second kappa shape index (κ2) is 2.10. The van der Waals surface area contributed by atoms with Crippen LogP contribution in [0.25, 0.3) is 10.1 Å². The zero-order chi connectivity index (χ0) is 7.84. The Morgan fingerprint density at radius 1 is 1.27 bits per heavy atom. The first-order valence-corrected chi connectivity index (χ1v) is 3.81. The number of aromatic nitrogens is 1. The zero-order valence-corrected chi connectivity index (χ0v) is 6.30. The van der Waals surface area contributed by atoms with Gasteiger partial charge in [-0.05, 0) is 23.7 Å². The molecule has 0 spiro atoms. The SMILES string of the molecule is Oc1ccc2sncc2c1O. The van der Waals surface area contributed by atoms with Crippen molar-refractivity contribution in [1.29, 1.82) is 0 Å². The fourth-order valence-electron chi connectivity index (χ4n) is 0.918. The minimum Gasteiger partial charge on any atom is -0.504 e. The summed E-state index contributed by atoms with van der Waals surface area (Å²) >= 11 is 1.29. The molecule has 0 aliphatic rings. The average molecular weight is 167 g/mol. The molecule has 3 nitrogen and oxygen atoms in total. The lowest BCUT2D eigenvalue weighted by Crippen LogP contribution is -1.67. The molecule has 1 aromatic heterocycles. The minimum absolute atomic E-state index is 0.0868. The first-order chi connectivity index (χ1) is 5.29. The van der Waals surface area contributed by atoms with Crippen molar-refractivity contribution in [2.45, 2.75) is 0 Å². The van der Waals surface area contributed by atoms with Crippen LogP contribution in [0.5, 0.6) is 11.5 Å². The molecular formula is C7H5NO2S. The predicted octanol–water partition coefficient (Wildman–Crippen LogP) is 1.71. The van der Waals surface area contributed by atoms with Crippen molar-refractivity contribution in [3.8, 4) is 11.5 Å². The molecule has 2 rings (SSSR count). The number of fused-ring (bicyclic) bond motifs is 1. The second-order valence-electron chi connectivity index (χ2n) is 2.17. The van der Waals surface area contributed by atoms with Gasteiger partial charge in [0.2, 0.25) is 0 Å². The maximum absolute atomic E-state index is 9.26.